The Hall–Kier alpha value is -1.95. The van der Waals surface area contributed by atoms with Crippen molar-refractivity contribution in [1.29, 1.82) is 0 Å². The van der Waals surface area contributed by atoms with Gasteiger partial charge in [-0.15, -0.1) is 0 Å². The monoisotopic (exact) mass is 301 g/mol. The molecule has 0 spiro atoms. The summed E-state index contributed by atoms with van der Waals surface area (Å²) in [4.78, 5) is 19.2. The summed E-state index contributed by atoms with van der Waals surface area (Å²) in [5.74, 6) is 0.652. The first-order valence-corrected chi connectivity index (χ1v) is 7.81. The van der Waals surface area contributed by atoms with Gasteiger partial charge in [-0.25, -0.2) is 4.98 Å². The van der Waals surface area contributed by atoms with Crippen molar-refractivity contribution in [3.8, 4) is 0 Å². The largest absolute Gasteiger partial charge is 0.334 e. The minimum absolute atomic E-state index is 0.0278. The van der Waals surface area contributed by atoms with Crippen molar-refractivity contribution in [2.45, 2.75) is 32.7 Å². The van der Waals surface area contributed by atoms with Crippen LogP contribution in [0.4, 0.5) is 0 Å². The van der Waals surface area contributed by atoms with Crippen LogP contribution in [0.1, 0.15) is 35.8 Å². The molecule has 0 saturated carbocycles. The lowest BCUT2D eigenvalue weighted by Crippen LogP contribution is -2.49. The lowest BCUT2D eigenvalue weighted by molar-refractivity contribution is 0.0573. The summed E-state index contributed by atoms with van der Waals surface area (Å²) in [5, 5.41) is 5.29. The van der Waals surface area contributed by atoms with Crippen molar-refractivity contribution >= 4 is 16.9 Å². The minimum atomic E-state index is 0.0278. The molecule has 1 amide bonds. The van der Waals surface area contributed by atoms with Crippen molar-refractivity contribution < 1.29 is 4.79 Å². The summed E-state index contributed by atoms with van der Waals surface area (Å²) in [6, 6.07) is 2.03. The van der Waals surface area contributed by atoms with Gasteiger partial charge in [0, 0.05) is 37.8 Å². The highest BCUT2D eigenvalue weighted by atomic mass is 16.2. The van der Waals surface area contributed by atoms with Crippen LogP contribution in [0.3, 0.4) is 0 Å². The van der Waals surface area contributed by atoms with Gasteiger partial charge in [-0.2, -0.15) is 5.10 Å². The van der Waals surface area contributed by atoms with Crippen molar-refractivity contribution in [3.63, 3.8) is 0 Å². The van der Waals surface area contributed by atoms with E-state index in [9.17, 15) is 4.79 Å². The van der Waals surface area contributed by atoms with Crippen LogP contribution in [0.2, 0.25) is 0 Å². The van der Waals surface area contributed by atoms with Crippen molar-refractivity contribution in [2.24, 2.45) is 18.7 Å². The Morgan fingerprint density at radius 2 is 2.27 bits per heavy atom. The summed E-state index contributed by atoms with van der Waals surface area (Å²) in [5.41, 5.74) is 8.18. The first-order valence-electron chi connectivity index (χ1n) is 7.81. The molecule has 2 aromatic heterocycles. The number of nitrogens with two attached hydrogens (primary N) is 1. The summed E-state index contributed by atoms with van der Waals surface area (Å²) in [6.45, 7) is 5.43. The minimum Gasteiger partial charge on any atom is -0.334 e. The zero-order chi connectivity index (χ0) is 15.9. The van der Waals surface area contributed by atoms with Crippen LogP contribution >= 0.6 is 0 Å². The molecule has 0 radical (unpaired) electrons. The predicted molar refractivity (Wildman–Crippen MR) is 85.5 cm³/mol. The van der Waals surface area contributed by atoms with E-state index in [1.165, 1.54) is 0 Å². The summed E-state index contributed by atoms with van der Waals surface area (Å²) < 4.78 is 1.74. The summed E-state index contributed by atoms with van der Waals surface area (Å²) in [6.07, 6.45) is 3.66. The first kappa shape index (κ1) is 15.0. The van der Waals surface area contributed by atoms with E-state index < -0.39 is 0 Å². The number of carbonyl (C=O) groups is 1. The van der Waals surface area contributed by atoms with Gasteiger partial charge in [0.1, 0.15) is 0 Å². The Balaban J connectivity index is 1.93. The van der Waals surface area contributed by atoms with Crippen LogP contribution in [0.25, 0.3) is 11.0 Å². The van der Waals surface area contributed by atoms with Gasteiger partial charge in [-0.1, -0.05) is 6.92 Å². The van der Waals surface area contributed by atoms with Gasteiger partial charge in [0.15, 0.2) is 5.65 Å². The average molecular weight is 301 g/mol. The number of hydrogen-bond acceptors (Lipinski definition) is 4. The molecule has 0 aliphatic carbocycles. The Kier molecular flexibility index (Phi) is 3.87. The second kappa shape index (κ2) is 5.68. The number of likely N-dealkylation sites (tertiary alicyclic amines) is 1. The number of rotatable bonds is 2. The number of hydrogen-bond donors (Lipinski definition) is 1. The third-order valence-electron chi connectivity index (χ3n) is 4.62. The van der Waals surface area contributed by atoms with Gasteiger partial charge < -0.3 is 10.6 Å². The first-order chi connectivity index (χ1) is 10.5. The maximum absolute atomic E-state index is 12.8. The fourth-order valence-corrected chi connectivity index (χ4v) is 3.33. The quantitative estimate of drug-likeness (QED) is 0.911. The number of fused-ring (bicyclic) bond motifs is 1. The lowest BCUT2D eigenvalue weighted by Gasteiger charge is -2.38. The molecule has 1 aliphatic heterocycles. The number of aryl methyl sites for hydroxylation is 2. The van der Waals surface area contributed by atoms with Gasteiger partial charge in [0.25, 0.3) is 5.91 Å². The molecular weight excluding hydrogens is 278 g/mol. The van der Waals surface area contributed by atoms with Crippen LogP contribution in [0.5, 0.6) is 0 Å². The summed E-state index contributed by atoms with van der Waals surface area (Å²) in [7, 11) is 1.86. The third kappa shape index (κ3) is 2.47. The van der Waals surface area contributed by atoms with E-state index in [1.807, 2.05) is 24.9 Å². The highest BCUT2D eigenvalue weighted by molar-refractivity contribution is 5.97. The molecule has 3 heterocycles. The van der Waals surface area contributed by atoms with Crippen molar-refractivity contribution in [2.75, 3.05) is 13.1 Å². The van der Waals surface area contributed by atoms with Crippen LogP contribution in [0.15, 0.2) is 12.3 Å². The highest BCUT2D eigenvalue weighted by Gasteiger charge is 2.29. The SMILES string of the molecule is Cc1nn(C)c2ncc(C(=O)N3CCC(C)CC3CN)cc12. The lowest BCUT2D eigenvalue weighted by atomic mass is 9.92. The molecule has 3 rings (SSSR count). The fourth-order valence-electron chi connectivity index (χ4n) is 3.33. The van der Waals surface area contributed by atoms with Crippen molar-refractivity contribution in [1.82, 2.24) is 19.7 Å². The van der Waals surface area contributed by atoms with Gasteiger partial charge in [-0.05, 0) is 31.7 Å². The Morgan fingerprint density at radius 3 is 3.00 bits per heavy atom. The molecule has 0 bridgehead atoms. The number of carbonyl (C=O) groups excluding carboxylic acids is 1. The number of aromatic nitrogens is 3. The molecule has 6 heteroatoms. The molecule has 2 atom stereocenters. The van der Waals surface area contributed by atoms with Crippen molar-refractivity contribution in [3.05, 3.63) is 23.5 Å². The van der Waals surface area contributed by atoms with E-state index in [0.29, 0.717) is 18.0 Å². The third-order valence-corrected chi connectivity index (χ3v) is 4.62. The Labute approximate surface area is 130 Å². The normalized spacial score (nSPS) is 22.3. The Bertz CT molecular complexity index is 708. The molecule has 2 N–H and O–H groups in total. The molecule has 6 nitrogen and oxygen atoms in total. The molecule has 0 aromatic carbocycles. The average Bonchev–Trinajstić information content (AvgIpc) is 2.80. The van der Waals surface area contributed by atoms with Gasteiger partial charge in [0.05, 0.1) is 11.3 Å². The number of nitrogens with zero attached hydrogens (tertiary/aromatic N) is 4. The van der Waals surface area contributed by atoms with Gasteiger partial charge in [0.2, 0.25) is 0 Å². The second-order valence-electron chi connectivity index (χ2n) is 6.32. The van der Waals surface area contributed by atoms with E-state index in [0.717, 1.165) is 36.1 Å². The summed E-state index contributed by atoms with van der Waals surface area (Å²) >= 11 is 0. The molecule has 22 heavy (non-hydrogen) atoms. The van der Waals surface area contributed by atoms with Gasteiger partial charge in [-0.3, -0.25) is 9.48 Å². The van der Waals surface area contributed by atoms with E-state index >= 15 is 0 Å². The standard InChI is InChI=1S/C16H23N5O/c1-10-4-5-21(13(6-10)8-17)16(22)12-7-14-11(2)19-20(3)15(14)18-9-12/h7,9-10,13H,4-6,8,17H2,1-3H3. The Morgan fingerprint density at radius 1 is 1.50 bits per heavy atom. The maximum Gasteiger partial charge on any atom is 0.255 e. The highest BCUT2D eigenvalue weighted by Crippen LogP contribution is 2.24. The second-order valence-corrected chi connectivity index (χ2v) is 6.32. The molecule has 2 unspecified atom stereocenters. The van der Waals surface area contributed by atoms with E-state index in [2.05, 4.69) is 17.0 Å². The topological polar surface area (TPSA) is 77.0 Å². The number of piperidine rings is 1. The van der Waals surface area contributed by atoms with Crippen LogP contribution < -0.4 is 5.73 Å². The van der Waals surface area contributed by atoms with Crippen LogP contribution in [0, 0.1) is 12.8 Å². The maximum atomic E-state index is 12.8. The molecule has 1 aliphatic rings. The van der Waals surface area contributed by atoms with E-state index in [1.54, 1.807) is 10.9 Å². The van der Waals surface area contributed by atoms with E-state index in [-0.39, 0.29) is 11.9 Å². The van der Waals surface area contributed by atoms with Crippen LogP contribution in [-0.4, -0.2) is 44.7 Å². The zero-order valence-corrected chi connectivity index (χ0v) is 13.4. The molecule has 2 aromatic rings. The number of amides is 1. The zero-order valence-electron chi connectivity index (χ0n) is 13.4. The molecule has 1 saturated heterocycles. The molecular formula is C16H23N5O. The van der Waals surface area contributed by atoms with Crippen LogP contribution in [-0.2, 0) is 7.05 Å². The predicted octanol–water partition coefficient (Wildman–Crippen LogP) is 1.48. The molecule has 118 valence electrons. The smallest absolute Gasteiger partial charge is 0.255 e. The fraction of sp³-hybridized carbons (Fsp3) is 0.562. The van der Waals surface area contributed by atoms with Gasteiger partial charge >= 0.3 is 0 Å². The number of pyridine rings is 1. The van der Waals surface area contributed by atoms with E-state index in [4.69, 9.17) is 5.73 Å². The molecule has 1 fully saturated rings.